The smallest absolute Gasteiger partial charge is 0.378 e. The van der Waals surface area contributed by atoms with Crippen molar-refractivity contribution in [1.29, 1.82) is 0 Å². The monoisotopic (exact) mass is 593 g/mol. The molecule has 2 fully saturated rings. The van der Waals surface area contributed by atoms with Gasteiger partial charge in [0.25, 0.3) is 11.5 Å². The number of carbonyl (C=O) groups excluding carboxylic acids is 1. The Balaban J connectivity index is 1.23. The molecular weight excluding hydrogens is 555 g/mol. The molecule has 2 aromatic carbocycles. The summed E-state index contributed by atoms with van der Waals surface area (Å²) in [5, 5.41) is 10.7. The number of aromatic amines is 1. The first-order chi connectivity index (χ1) is 20.4. The average molecular weight is 594 g/mol. The maximum atomic E-state index is 13.5. The maximum Gasteiger partial charge on any atom is 0.416 e. The summed E-state index contributed by atoms with van der Waals surface area (Å²) in [6.07, 6.45) is 1.20. The summed E-state index contributed by atoms with van der Waals surface area (Å²) in [7, 11) is 0. The summed E-state index contributed by atoms with van der Waals surface area (Å²) in [5.41, 5.74) is 2.20. The molecule has 1 aromatic heterocycles. The zero-order chi connectivity index (χ0) is 30.6. The highest BCUT2D eigenvalue weighted by Gasteiger charge is 2.49. The van der Waals surface area contributed by atoms with Gasteiger partial charge in [-0.3, -0.25) is 9.59 Å². The number of aliphatic hydroxyl groups excluding tert-OH is 1. The number of aryl methyl sites for hydroxylation is 1. The second-order valence-electron chi connectivity index (χ2n) is 13.4. The number of nitrogens with one attached hydrogen (secondary N) is 1. The van der Waals surface area contributed by atoms with Gasteiger partial charge in [-0.15, -0.1) is 0 Å². The van der Waals surface area contributed by atoms with Crippen LogP contribution in [-0.4, -0.2) is 32.4 Å². The van der Waals surface area contributed by atoms with Crippen molar-refractivity contribution >= 4 is 5.91 Å². The first-order valence-electron chi connectivity index (χ1n) is 15.2. The number of alkyl halides is 3. The van der Waals surface area contributed by atoms with Crippen molar-refractivity contribution in [3.63, 3.8) is 0 Å². The number of rotatable bonds is 5. The standard InChI is InChI=1S/C34H38F3N3O3/c1-32(2)13-11-21(12-14-32)22-6-3-8-24(18-22)33(15-16-33)31-38-27-10-5-17-40(20-26(27)29(42)39-31)30(43)28(41)23-7-4-9-25(19-23)34(35,36)37/h3-4,6-9,18-19,21,28,41H,5,10-17,20H2,1-2H3,(H,38,39,42)/t28-/m1/s1. The summed E-state index contributed by atoms with van der Waals surface area (Å²) in [6, 6.07) is 12.9. The molecule has 0 bridgehead atoms. The van der Waals surface area contributed by atoms with Crippen molar-refractivity contribution in [2.24, 2.45) is 5.41 Å². The fraction of sp³-hybridized carbons (Fsp3) is 0.500. The van der Waals surface area contributed by atoms with Crippen LogP contribution in [0.3, 0.4) is 0 Å². The van der Waals surface area contributed by atoms with E-state index >= 15 is 0 Å². The van der Waals surface area contributed by atoms with Gasteiger partial charge in [-0.1, -0.05) is 50.2 Å². The number of halogens is 3. The lowest BCUT2D eigenvalue weighted by atomic mass is 9.71. The maximum absolute atomic E-state index is 13.5. The van der Waals surface area contributed by atoms with Gasteiger partial charge in [0.1, 0.15) is 5.82 Å². The number of fused-ring (bicyclic) bond motifs is 1. The van der Waals surface area contributed by atoms with E-state index in [9.17, 15) is 27.9 Å². The third-order valence-electron chi connectivity index (χ3n) is 9.82. The number of nitrogens with zero attached hydrogens (tertiary/aromatic N) is 2. The van der Waals surface area contributed by atoms with Gasteiger partial charge < -0.3 is 15.0 Å². The van der Waals surface area contributed by atoms with Gasteiger partial charge >= 0.3 is 6.18 Å². The van der Waals surface area contributed by atoms with Crippen molar-refractivity contribution in [2.45, 2.75) is 95.4 Å². The van der Waals surface area contributed by atoms with Crippen molar-refractivity contribution < 1.29 is 23.1 Å². The molecule has 2 N–H and O–H groups in total. The summed E-state index contributed by atoms with van der Waals surface area (Å²) < 4.78 is 39.6. The highest BCUT2D eigenvalue weighted by molar-refractivity contribution is 5.82. The summed E-state index contributed by atoms with van der Waals surface area (Å²) >= 11 is 0. The van der Waals surface area contributed by atoms with Crippen molar-refractivity contribution in [3.05, 3.63) is 98.2 Å². The van der Waals surface area contributed by atoms with E-state index < -0.39 is 23.8 Å². The number of hydrogen-bond acceptors (Lipinski definition) is 4. The van der Waals surface area contributed by atoms with Gasteiger partial charge in [-0.25, -0.2) is 4.98 Å². The predicted molar refractivity (Wildman–Crippen MR) is 156 cm³/mol. The number of carbonyl (C=O) groups is 1. The molecule has 2 heterocycles. The Hall–Kier alpha value is -3.46. The van der Waals surface area contributed by atoms with E-state index in [1.54, 1.807) is 0 Å². The van der Waals surface area contributed by atoms with Gasteiger partial charge in [0.05, 0.1) is 28.8 Å². The molecule has 43 heavy (non-hydrogen) atoms. The molecule has 3 aliphatic rings. The molecule has 3 aromatic rings. The Kier molecular flexibility index (Phi) is 7.51. The average Bonchev–Trinajstić information content (AvgIpc) is 3.81. The SMILES string of the molecule is CC1(C)CCC(c2cccc(C3(c4nc5c(c(=O)[nH]4)CN(C(=O)[C@H](O)c4cccc(C(F)(F)F)c4)CCC5)CC3)c2)CC1. The van der Waals surface area contributed by atoms with Crippen LogP contribution in [0.4, 0.5) is 13.2 Å². The molecule has 2 aliphatic carbocycles. The minimum absolute atomic E-state index is 0.0622. The number of benzene rings is 2. The van der Waals surface area contributed by atoms with Crippen LogP contribution in [0, 0.1) is 5.41 Å². The second kappa shape index (κ2) is 10.9. The van der Waals surface area contributed by atoms with Gasteiger partial charge in [0.2, 0.25) is 0 Å². The number of H-pyrrole nitrogens is 1. The zero-order valence-electron chi connectivity index (χ0n) is 24.6. The molecule has 2 saturated carbocycles. The molecule has 1 atom stereocenters. The summed E-state index contributed by atoms with van der Waals surface area (Å²) in [5.74, 6) is 0.455. The summed E-state index contributed by atoms with van der Waals surface area (Å²) in [4.78, 5) is 36.0. The fourth-order valence-electron chi connectivity index (χ4n) is 6.85. The molecular formula is C34H38F3N3O3. The van der Waals surface area contributed by atoms with Gasteiger partial charge in [0, 0.05) is 6.54 Å². The lowest BCUT2D eigenvalue weighted by Gasteiger charge is -2.34. The van der Waals surface area contributed by atoms with E-state index in [0.717, 1.165) is 25.0 Å². The minimum atomic E-state index is -4.59. The van der Waals surface area contributed by atoms with Gasteiger partial charge in [-0.2, -0.15) is 13.2 Å². The Morgan fingerprint density at radius 1 is 1.07 bits per heavy atom. The van der Waals surface area contributed by atoms with Crippen LogP contribution in [0.1, 0.15) is 110 Å². The van der Waals surface area contributed by atoms with Gasteiger partial charge in [-0.05, 0) is 91.5 Å². The van der Waals surface area contributed by atoms with Gasteiger partial charge in [0.15, 0.2) is 6.10 Å². The molecule has 1 aliphatic heterocycles. The first-order valence-corrected chi connectivity index (χ1v) is 15.2. The fourth-order valence-corrected chi connectivity index (χ4v) is 6.85. The summed E-state index contributed by atoms with van der Waals surface area (Å²) in [6.45, 7) is 4.87. The largest absolute Gasteiger partial charge is 0.416 e. The number of aromatic nitrogens is 2. The Morgan fingerprint density at radius 2 is 1.79 bits per heavy atom. The number of hydrogen-bond donors (Lipinski definition) is 2. The van der Waals surface area contributed by atoms with Crippen LogP contribution in [-0.2, 0) is 29.4 Å². The molecule has 0 saturated heterocycles. The van der Waals surface area contributed by atoms with Crippen molar-refractivity contribution in [2.75, 3.05) is 6.54 Å². The second-order valence-corrected chi connectivity index (χ2v) is 13.4. The zero-order valence-corrected chi connectivity index (χ0v) is 24.6. The molecule has 1 amide bonds. The van der Waals surface area contributed by atoms with E-state index in [4.69, 9.17) is 4.98 Å². The van der Waals surface area contributed by atoms with E-state index in [2.05, 4.69) is 43.1 Å². The van der Waals surface area contributed by atoms with Crippen molar-refractivity contribution in [3.8, 4) is 0 Å². The number of aliphatic hydroxyl groups is 1. The third kappa shape index (κ3) is 5.88. The number of amides is 1. The molecule has 6 rings (SSSR count). The van der Waals surface area contributed by atoms with E-state index in [1.807, 2.05) is 0 Å². The lowest BCUT2D eigenvalue weighted by molar-refractivity contribution is -0.142. The minimum Gasteiger partial charge on any atom is -0.378 e. The van der Waals surface area contributed by atoms with Crippen LogP contribution < -0.4 is 5.56 Å². The molecule has 0 unspecified atom stereocenters. The molecule has 6 nitrogen and oxygen atoms in total. The first kappa shape index (κ1) is 29.6. The van der Waals surface area contributed by atoms with Crippen molar-refractivity contribution in [1.82, 2.24) is 14.9 Å². The van der Waals surface area contributed by atoms with Crippen LogP contribution in [0.2, 0.25) is 0 Å². The Labute approximate surface area is 249 Å². The molecule has 0 spiro atoms. The third-order valence-corrected chi connectivity index (χ3v) is 9.82. The molecule has 228 valence electrons. The van der Waals surface area contributed by atoms with Crippen LogP contribution in [0.5, 0.6) is 0 Å². The Morgan fingerprint density at radius 3 is 2.49 bits per heavy atom. The normalized spacial score (nSPS) is 20.7. The topological polar surface area (TPSA) is 86.3 Å². The van der Waals surface area contributed by atoms with E-state index in [0.29, 0.717) is 41.3 Å². The van der Waals surface area contributed by atoms with Crippen LogP contribution >= 0.6 is 0 Å². The quantitative estimate of drug-likeness (QED) is 0.351. The highest BCUT2D eigenvalue weighted by Crippen LogP contribution is 2.53. The molecule has 9 heteroatoms. The van der Waals surface area contributed by atoms with E-state index in [-0.39, 0.29) is 29.6 Å². The molecule has 0 radical (unpaired) electrons. The predicted octanol–water partition coefficient (Wildman–Crippen LogP) is 6.56. The highest BCUT2D eigenvalue weighted by atomic mass is 19.4. The van der Waals surface area contributed by atoms with E-state index in [1.165, 1.54) is 53.8 Å². The van der Waals surface area contributed by atoms with Crippen LogP contribution in [0.25, 0.3) is 0 Å². The lowest BCUT2D eigenvalue weighted by Crippen LogP contribution is -2.36. The Bertz CT molecular complexity index is 1580. The van der Waals surface area contributed by atoms with Crippen LogP contribution in [0.15, 0.2) is 53.3 Å².